The second-order valence-corrected chi connectivity index (χ2v) is 6.44. The molecule has 0 N–H and O–H groups in total. The van der Waals surface area contributed by atoms with Gasteiger partial charge in [-0.05, 0) is 44.9 Å². The zero-order valence-electron chi connectivity index (χ0n) is 10.9. The number of carbonyl (C=O) groups excluding carboxylic acids is 1. The molecule has 1 aromatic heterocycles. The number of aldehydes is 1. The lowest BCUT2D eigenvalue weighted by atomic mass is 10.2. The first-order valence-electron chi connectivity index (χ1n) is 6.42. The Morgan fingerprint density at radius 2 is 2.24 bits per heavy atom. The van der Waals surface area contributed by atoms with Crippen molar-refractivity contribution in [3.05, 3.63) is 23.0 Å². The number of hydrogen-bond acceptors (Lipinski definition) is 2. The zero-order chi connectivity index (χ0) is 12.4. The summed E-state index contributed by atoms with van der Waals surface area (Å²) in [5.41, 5.74) is 3.23. The molecule has 0 amide bonds. The molecule has 0 radical (unpaired) electrons. The van der Waals surface area contributed by atoms with E-state index in [4.69, 9.17) is 0 Å². The zero-order valence-corrected chi connectivity index (χ0v) is 11.7. The molecule has 17 heavy (non-hydrogen) atoms. The third-order valence-corrected chi connectivity index (χ3v) is 5.01. The van der Waals surface area contributed by atoms with E-state index < -0.39 is 0 Å². The van der Waals surface area contributed by atoms with Crippen LogP contribution in [0.25, 0.3) is 0 Å². The maximum atomic E-state index is 11.0. The Bertz CT molecular complexity index is 411. The highest BCUT2D eigenvalue weighted by Gasteiger charge is 2.27. The summed E-state index contributed by atoms with van der Waals surface area (Å²) in [6.45, 7) is 6.41. The van der Waals surface area contributed by atoms with Gasteiger partial charge in [-0.3, -0.25) is 4.79 Å². The highest BCUT2D eigenvalue weighted by atomic mass is 32.2. The van der Waals surface area contributed by atoms with Gasteiger partial charge < -0.3 is 4.57 Å². The van der Waals surface area contributed by atoms with Gasteiger partial charge in [0.25, 0.3) is 0 Å². The van der Waals surface area contributed by atoms with Gasteiger partial charge in [-0.1, -0.05) is 6.92 Å². The van der Waals surface area contributed by atoms with Crippen LogP contribution in [0.1, 0.15) is 54.0 Å². The molecule has 94 valence electrons. The fourth-order valence-electron chi connectivity index (χ4n) is 3.02. The third-order valence-electron chi connectivity index (χ3n) is 3.77. The van der Waals surface area contributed by atoms with E-state index in [2.05, 4.69) is 37.1 Å². The summed E-state index contributed by atoms with van der Waals surface area (Å²) in [5.74, 6) is 1.21. The highest BCUT2D eigenvalue weighted by molar-refractivity contribution is 7.99. The molecule has 1 saturated carbocycles. The second kappa shape index (κ2) is 5.30. The SMILES string of the molecule is CCSC1CCC(n2c(C)cc(C=O)c2C)C1. The summed E-state index contributed by atoms with van der Waals surface area (Å²) in [6.07, 6.45) is 4.81. The smallest absolute Gasteiger partial charge is 0.151 e. The van der Waals surface area contributed by atoms with Gasteiger partial charge in [0.1, 0.15) is 0 Å². The van der Waals surface area contributed by atoms with Crippen LogP contribution in [-0.4, -0.2) is 21.9 Å². The van der Waals surface area contributed by atoms with Crippen molar-refractivity contribution < 1.29 is 4.79 Å². The first kappa shape index (κ1) is 12.7. The molecule has 0 spiro atoms. The monoisotopic (exact) mass is 251 g/mol. The summed E-state index contributed by atoms with van der Waals surface area (Å²) >= 11 is 2.08. The Morgan fingerprint density at radius 1 is 1.47 bits per heavy atom. The Hall–Kier alpha value is -0.700. The van der Waals surface area contributed by atoms with Crippen LogP contribution in [-0.2, 0) is 0 Å². The molecule has 0 aromatic carbocycles. The number of nitrogens with zero attached hydrogens (tertiary/aromatic N) is 1. The lowest BCUT2D eigenvalue weighted by molar-refractivity contribution is 0.112. The summed E-state index contributed by atoms with van der Waals surface area (Å²) < 4.78 is 2.37. The molecule has 1 fully saturated rings. The minimum Gasteiger partial charge on any atom is -0.345 e. The van der Waals surface area contributed by atoms with Crippen molar-refractivity contribution in [2.24, 2.45) is 0 Å². The minimum atomic E-state index is 0.604. The maximum absolute atomic E-state index is 11.0. The molecule has 0 saturated heterocycles. The van der Waals surface area contributed by atoms with E-state index in [0.717, 1.165) is 22.8 Å². The van der Waals surface area contributed by atoms with Gasteiger partial charge >= 0.3 is 0 Å². The minimum absolute atomic E-state index is 0.604. The molecule has 1 heterocycles. The van der Waals surface area contributed by atoms with Crippen LogP contribution < -0.4 is 0 Å². The van der Waals surface area contributed by atoms with Crippen molar-refractivity contribution in [3.8, 4) is 0 Å². The average molecular weight is 251 g/mol. The van der Waals surface area contributed by atoms with Crippen molar-refractivity contribution in [1.29, 1.82) is 0 Å². The molecule has 0 aliphatic heterocycles. The number of hydrogen-bond donors (Lipinski definition) is 0. The van der Waals surface area contributed by atoms with Crippen LogP contribution >= 0.6 is 11.8 Å². The van der Waals surface area contributed by atoms with Gasteiger partial charge in [-0.2, -0.15) is 11.8 Å². The van der Waals surface area contributed by atoms with E-state index in [1.54, 1.807) is 0 Å². The van der Waals surface area contributed by atoms with Crippen molar-refractivity contribution in [1.82, 2.24) is 4.57 Å². The number of aryl methyl sites for hydroxylation is 1. The fraction of sp³-hybridized carbons (Fsp3) is 0.643. The fourth-order valence-corrected chi connectivity index (χ4v) is 4.16. The topological polar surface area (TPSA) is 22.0 Å². The highest BCUT2D eigenvalue weighted by Crippen LogP contribution is 2.38. The first-order valence-corrected chi connectivity index (χ1v) is 7.47. The van der Waals surface area contributed by atoms with Crippen molar-refractivity contribution in [2.45, 2.75) is 51.3 Å². The van der Waals surface area contributed by atoms with Gasteiger partial charge in [0.2, 0.25) is 0 Å². The summed E-state index contributed by atoms with van der Waals surface area (Å²) in [7, 11) is 0. The number of thioether (sulfide) groups is 1. The Kier molecular flexibility index (Phi) is 3.97. The van der Waals surface area contributed by atoms with Crippen LogP contribution in [0.15, 0.2) is 6.07 Å². The van der Waals surface area contributed by atoms with Crippen LogP contribution in [0.2, 0.25) is 0 Å². The van der Waals surface area contributed by atoms with Gasteiger partial charge in [-0.25, -0.2) is 0 Å². The predicted molar refractivity (Wildman–Crippen MR) is 74.1 cm³/mol. The molecular weight excluding hydrogens is 230 g/mol. The van der Waals surface area contributed by atoms with Gasteiger partial charge in [0.05, 0.1) is 0 Å². The molecule has 1 aliphatic rings. The van der Waals surface area contributed by atoms with Crippen molar-refractivity contribution >= 4 is 18.0 Å². The summed E-state index contributed by atoms with van der Waals surface area (Å²) in [4.78, 5) is 11.0. The van der Waals surface area contributed by atoms with Crippen molar-refractivity contribution in [2.75, 3.05) is 5.75 Å². The molecule has 2 atom stereocenters. The van der Waals surface area contributed by atoms with Gasteiger partial charge in [0.15, 0.2) is 6.29 Å². The quantitative estimate of drug-likeness (QED) is 0.760. The molecule has 0 bridgehead atoms. The number of aromatic nitrogens is 1. The molecule has 2 nitrogen and oxygen atoms in total. The van der Waals surface area contributed by atoms with Crippen LogP contribution in [0.4, 0.5) is 0 Å². The number of rotatable bonds is 4. The van der Waals surface area contributed by atoms with Crippen LogP contribution in [0.3, 0.4) is 0 Å². The molecule has 2 rings (SSSR count). The standard InChI is InChI=1S/C14H21NOS/c1-4-17-14-6-5-13(8-14)15-10(2)7-12(9-16)11(15)3/h7,9,13-14H,4-6,8H2,1-3H3. The van der Waals surface area contributed by atoms with E-state index in [1.807, 2.05) is 6.07 Å². The summed E-state index contributed by atoms with van der Waals surface area (Å²) in [6, 6.07) is 2.62. The van der Waals surface area contributed by atoms with E-state index in [0.29, 0.717) is 6.04 Å². The molecule has 2 unspecified atom stereocenters. The maximum Gasteiger partial charge on any atom is 0.151 e. The largest absolute Gasteiger partial charge is 0.345 e. The van der Waals surface area contributed by atoms with E-state index in [1.165, 1.54) is 30.7 Å². The molecular formula is C14H21NOS. The summed E-state index contributed by atoms with van der Waals surface area (Å²) in [5, 5.41) is 0.811. The van der Waals surface area contributed by atoms with Gasteiger partial charge in [-0.15, -0.1) is 0 Å². The molecule has 3 heteroatoms. The van der Waals surface area contributed by atoms with E-state index in [9.17, 15) is 4.79 Å². The lowest BCUT2D eigenvalue weighted by Crippen LogP contribution is -2.10. The number of carbonyl (C=O) groups is 1. The lowest BCUT2D eigenvalue weighted by Gasteiger charge is -2.18. The van der Waals surface area contributed by atoms with Gasteiger partial charge in [0, 0.05) is 28.2 Å². The second-order valence-electron chi connectivity index (χ2n) is 4.86. The van der Waals surface area contributed by atoms with Crippen molar-refractivity contribution in [3.63, 3.8) is 0 Å². The van der Waals surface area contributed by atoms with E-state index in [-0.39, 0.29) is 0 Å². The third kappa shape index (κ3) is 2.44. The molecule has 1 aromatic rings. The molecule has 1 aliphatic carbocycles. The van der Waals surface area contributed by atoms with Crippen LogP contribution in [0, 0.1) is 13.8 Å². The normalized spacial score (nSPS) is 24.2. The van der Waals surface area contributed by atoms with E-state index >= 15 is 0 Å². The first-order chi connectivity index (χ1) is 8.17. The Labute approximate surface area is 108 Å². The van der Waals surface area contributed by atoms with Crippen LogP contribution in [0.5, 0.6) is 0 Å². The Balaban J connectivity index is 2.18. The predicted octanol–water partition coefficient (Wildman–Crippen LogP) is 3.76. The average Bonchev–Trinajstić information content (AvgIpc) is 2.84. The Morgan fingerprint density at radius 3 is 2.82 bits per heavy atom.